The molecule has 190 valence electrons. The van der Waals surface area contributed by atoms with Crippen LogP contribution < -0.4 is 10.9 Å². The van der Waals surface area contributed by atoms with Crippen molar-refractivity contribution in [1.29, 1.82) is 0 Å². The number of carbonyl (C=O) groups excluding carboxylic acids is 2. The van der Waals surface area contributed by atoms with Crippen LogP contribution in [0.1, 0.15) is 59.1 Å². The van der Waals surface area contributed by atoms with E-state index in [1.807, 2.05) is 0 Å². The maximum Gasteiger partial charge on any atom is 0.245 e. The number of phenols is 2. The number of amides is 2. The van der Waals surface area contributed by atoms with Gasteiger partial charge in [-0.2, -0.15) is 0 Å². The summed E-state index contributed by atoms with van der Waals surface area (Å²) in [6.45, 7) is 18.4. The van der Waals surface area contributed by atoms with Gasteiger partial charge in [-0.1, -0.05) is 48.6 Å². The quantitative estimate of drug-likeness (QED) is 0.248. The zero-order valence-electron chi connectivity index (χ0n) is 21.1. The van der Waals surface area contributed by atoms with Crippen molar-refractivity contribution in [1.82, 2.24) is 10.9 Å². The molecule has 0 aromatic heterocycles. The molecule has 2 aromatic rings. The summed E-state index contributed by atoms with van der Waals surface area (Å²) in [7, 11) is 0. The van der Waals surface area contributed by atoms with Crippen LogP contribution in [0, 0.1) is 0 Å². The van der Waals surface area contributed by atoms with Crippen molar-refractivity contribution in [2.45, 2.75) is 51.4 Å². The third-order valence-electron chi connectivity index (χ3n) is 6.13. The Morgan fingerprint density at radius 3 is 1.14 bits per heavy atom. The Morgan fingerprint density at radius 1 is 0.667 bits per heavy atom. The summed E-state index contributed by atoms with van der Waals surface area (Å²) in [5.74, 6) is -1.59. The second kappa shape index (κ2) is 13.1. The maximum absolute atomic E-state index is 12.9. The standard InChI is InChI=1S/C30H36N2O4/c1-7-11-21-15-25(16-22(12-8-2)27(21)33)19(5)29(35)31-32-30(36)20(6)26-17-23(13-9-3)28(34)24(18-26)14-10-4/h7-10,15-20,33-34H,1-4,11-14H2,5-6H3,(H,31,35)(H,32,36). The summed E-state index contributed by atoms with van der Waals surface area (Å²) in [6, 6.07) is 7.10. The van der Waals surface area contributed by atoms with Gasteiger partial charge in [-0.15, -0.1) is 26.3 Å². The first-order valence-corrected chi connectivity index (χ1v) is 11.9. The first-order chi connectivity index (χ1) is 17.2. The number of hydrogen-bond acceptors (Lipinski definition) is 4. The van der Waals surface area contributed by atoms with Crippen molar-refractivity contribution in [2.24, 2.45) is 0 Å². The fourth-order valence-corrected chi connectivity index (χ4v) is 3.96. The van der Waals surface area contributed by atoms with E-state index in [1.54, 1.807) is 62.4 Å². The molecular weight excluding hydrogens is 452 g/mol. The van der Waals surface area contributed by atoms with E-state index >= 15 is 0 Å². The van der Waals surface area contributed by atoms with Crippen LogP contribution in [0.3, 0.4) is 0 Å². The zero-order valence-corrected chi connectivity index (χ0v) is 21.1. The average molecular weight is 489 g/mol. The van der Waals surface area contributed by atoms with Crippen LogP contribution >= 0.6 is 0 Å². The van der Waals surface area contributed by atoms with Gasteiger partial charge in [0.1, 0.15) is 11.5 Å². The van der Waals surface area contributed by atoms with E-state index < -0.39 is 11.8 Å². The van der Waals surface area contributed by atoms with E-state index in [2.05, 4.69) is 37.2 Å². The first-order valence-electron chi connectivity index (χ1n) is 11.9. The number of hydrogen-bond donors (Lipinski definition) is 4. The Hall–Kier alpha value is -4.06. The Balaban J connectivity index is 2.18. The third kappa shape index (κ3) is 6.75. The lowest BCUT2D eigenvalue weighted by Crippen LogP contribution is -2.45. The van der Waals surface area contributed by atoms with Crippen LogP contribution in [-0.2, 0) is 35.3 Å². The summed E-state index contributed by atoms with van der Waals surface area (Å²) in [5.41, 5.74) is 9.16. The molecule has 0 fully saturated rings. The van der Waals surface area contributed by atoms with Crippen LogP contribution in [0.25, 0.3) is 0 Å². The second-order valence-electron chi connectivity index (χ2n) is 8.77. The number of rotatable bonds is 12. The van der Waals surface area contributed by atoms with Gasteiger partial charge in [0.15, 0.2) is 0 Å². The van der Waals surface area contributed by atoms with Crippen molar-refractivity contribution in [3.8, 4) is 11.5 Å². The Bertz CT molecular complexity index is 1010. The molecule has 2 unspecified atom stereocenters. The molecule has 4 N–H and O–H groups in total. The molecule has 0 aliphatic rings. The molecule has 2 rings (SSSR count). The van der Waals surface area contributed by atoms with Gasteiger partial charge in [0, 0.05) is 0 Å². The fraction of sp³-hybridized carbons (Fsp3) is 0.267. The van der Waals surface area contributed by atoms with Gasteiger partial charge in [-0.05, 0) is 72.9 Å². The molecule has 0 aliphatic heterocycles. The van der Waals surface area contributed by atoms with E-state index in [1.165, 1.54) is 0 Å². The Kier molecular flexibility index (Phi) is 10.3. The minimum absolute atomic E-state index is 0.175. The van der Waals surface area contributed by atoms with Gasteiger partial charge in [-0.25, -0.2) is 0 Å². The highest BCUT2D eigenvalue weighted by molar-refractivity contribution is 5.88. The fourth-order valence-electron chi connectivity index (χ4n) is 3.96. The minimum Gasteiger partial charge on any atom is -0.507 e. The van der Waals surface area contributed by atoms with Gasteiger partial charge in [-0.3, -0.25) is 20.4 Å². The summed E-state index contributed by atoms with van der Waals surface area (Å²) in [4.78, 5) is 25.7. The highest BCUT2D eigenvalue weighted by atomic mass is 16.3. The SMILES string of the molecule is C=CCc1cc(C(C)C(=O)NNC(=O)C(C)c2cc(CC=C)c(O)c(CC=C)c2)cc(CC=C)c1O. The van der Waals surface area contributed by atoms with Crippen LogP contribution in [0.2, 0.25) is 0 Å². The molecular formula is C30H36N2O4. The third-order valence-corrected chi connectivity index (χ3v) is 6.13. The summed E-state index contributed by atoms with van der Waals surface area (Å²) >= 11 is 0. The molecule has 0 bridgehead atoms. The zero-order chi connectivity index (χ0) is 26.8. The molecule has 0 heterocycles. The minimum atomic E-state index is -0.583. The van der Waals surface area contributed by atoms with Crippen LogP contribution in [0.5, 0.6) is 11.5 Å². The molecule has 0 saturated carbocycles. The molecule has 6 heteroatoms. The van der Waals surface area contributed by atoms with E-state index in [0.717, 1.165) is 0 Å². The molecule has 6 nitrogen and oxygen atoms in total. The Morgan fingerprint density at radius 2 is 0.917 bits per heavy atom. The summed E-state index contributed by atoms with van der Waals surface area (Å²) < 4.78 is 0. The maximum atomic E-state index is 12.9. The molecule has 2 aromatic carbocycles. The molecule has 36 heavy (non-hydrogen) atoms. The van der Waals surface area contributed by atoms with Crippen LogP contribution in [-0.4, -0.2) is 22.0 Å². The monoisotopic (exact) mass is 488 g/mol. The van der Waals surface area contributed by atoms with Crippen molar-refractivity contribution in [3.05, 3.63) is 108 Å². The molecule has 0 radical (unpaired) electrons. The highest BCUT2D eigenvalue weighted by Gasteiger charge is 2.22. The molecule has 0 saturated heterocycles. The number of aromatic hydroxyl groups is 2. The van der Waals surface area contributed by atoms with Gasteiger partial charge < -0.3 is 10.2 Å². The van der Waals surface area contributed by atoms with Crippen molar-refractivity contribution in [3.63, 3.8) is 0 Å². The number of hydrazine groups is 1. The molecule has 2 amide bonds. The van der Waals surface area contributed by atoms with Gasteiger partial charge in [0.05, 0.1) is 11.8 Å². The van der Waals surface area contributed by atoms with Gasteiger partial charge in [0.25, 0.3) is 0 Å². The van der Waals surface area contributed by atoms with E-state index in [0.29, 0.717) is 59.1 Å². The average Bonchev–Trinajstić information content (AvgIpc) is 2.86. The smallest absolute Gasteiger partial charge is 0.245 e. The molecule has 0 aliphatic carbocycles. The topological polar surface area (TPSA) is 98.7 Å². The highest BCUT2D eigenvalue weighted by Crippen LogP contribution is 2.31. The lowest BCUT2D eigenvalue weighted by atomic mass is 9.92. The molecule has 2 atom stereocenters. The van der Waals surface area contributed by atoms with Crippen LogP contribution in [0.15, 0.2) is 74.9 Å². The lowest BCUT2D eigenvalue weighted by Gasteiger charge is -2.19. The lowest BCUT2D eigenvalue weighted by molar-refractivity contribution is -0.130. The first kappa shape index (κ1) is 28.2. The summed E-state index contributed by atoms with van der Waals surface area (Å²) in [6.07, 6.45) is 8.59. The van der Waals surface area contributed by atoms with Gasteiger partial charge in [0.2, 0.25) is 11.8 Å². The van der Waals surface area contributed by atoms with Crippen molar-refractivity contribution in [2.75, 3.05) is 0 Å². The number of allylic oxidation sites excluding steroid dienone is 4. The number of benzene rings is 2. The predicted octanol–water partition coefficient (Wildman–Crippen LogP) is 5.07. The van der Waals surface area contributed by atoms with E-state index in [4.69, 9.17) is 0 Å². The van der Waals surface area contributed by atoms with Crippen LogP contribution in [0.4, 0.5) is 0 Å². The predicted molar refractivity (Wildman–Crippen MR) is 145 cm³/mol. The second-order valence-corrected chi connectivity index (χ2v) is 8.77. The molecule has 0 spiro atoms. The number of carbonyl (C=O) groups is 2. The largest absolute Gasteiger partial charge is 0.507 e. The summed E-state index contributed by atoms with van der Waals surface area (Å²) in [5, 5.41) is 21.0. The number of phenolic OH excluding ortho intramolecular Hbond substituents is 2. The van der Waals surface area contributed by atoms with E-state index in [9.17, 15) is 19.8 Å². The van der Waals surface area contributed by atoms with Crippen molar-refractivity contribution < 1.29 is 19.8 Å². The van der Waals surface area contributed by atoms with Gasteiger partial charge >= 0.3 is 0 Å². The number of nitrogens with one attached hydrogen (secondary N) is 2. The van der Waals surface area contributed by atoms with Crippen molar-refractivity contribution >= 4 is 11.8 Å². The Labute approximate surface area is 213 Å². The normalized spacial score (nSPS) is 12.2. The van der Waals surface area contributed by atoms with E-state index in [-0.39, 0.29) is 23.3 Å².